The van der Waals surface area contributed by atoms with Crippen LogP contribution in [0.2, 0.25) is 0 Å². The van der Waals surface area contributed by atoms with Crippen LogP contribution in [0.3, 0.4) is 0 Å². The molecule has 4 aromatic rings. The minimum Gasteiger partial charge on any atom is -0.460 e. The normalized spacial score (nSPS) is 22.8. The standard InChI is InChI=1S/C49H55N3O9S2/c1-4-27-58-49-46(63-40-20-13-35(14-21-40)50-32(2)55)30-44(51-59-31-33-11-15-36(16-12-33)52(56)57)42-28-34(9-5-7-25-53)41(10-6-8-26-54)47(48(42)49)43-29-38(19-24-45(43)61-49)60-37-17-22-39(62-3)23-18-37/h4,11-24,28-29,34,41,46-48,53-54H,1,5-10,25-27,30-31H2,2-3H3,(H,50,55). The number of nitrogens with zero attached hydrogens (tertiary/aromatic N) is 2. The van der Waals surface area contributed by atoms with E-state index < -0.39 is 10.7 Å². The fourth-order valence-electron chi connectivity index (χ4n) is 9.15. The summed E-state index contributed by atoms with van der Waals surface area (Å²) in [6.07, 6.45) is 11.2. The van der Waals surface area contributed by atoms with Gasteiger partial charge < -0.3 is 34.6 Å². The van der Waals surface area contributed by atoms with Gasteiger partial charge in [-0.2, -0.15) is 0 Å². The predicted molar refractivity (Wildman–Crippen MR) is 248 cm³/mol. The number of fused-ring (bicyclic) bond motifs is 2. The van der Waals surface area contributed by atoms with Gasteiger partial charge in [-0.1, -0.05) is 30.1 Å². The summed E-state index contributed by atoms with van der Waals surface area (Å²) in [4.78, 5) is 31.0. The van der Waals surface area contributed by atoms with E-state index in [2.05, 4.69) is 24.0 Å². The van der Waals surface area contributed by atoms with Crippen LogP contribution in [-0.4, -0.2) is 63.9 Å². The number of nitro groups is 1. The number of benzene rings is 4. The van der Waals surface area contributed by atoms with Crippen molar-refractivity contribution < 1.29 is 39.0 Å². The highest BCUT2D eigenvalue weighted by molar-refractivity contribution is 8.00. The lowest BCUT2D eigenvalue weighted by Crippen LogP contribution is -2.64. The largest absolute Gasteiger partial charge is 0.460 e. The number of nitro benzene ring substituents is 1. The molecule has 332 valence electrons. The molecule has 0 aromatic heterocycles. The summed E-state index contributed by atoms with van der Waals surface area (Å²) in [5, 5.41) is 38.6. The van der Waals surface area contributed by atoms with E-state index in [0.717, 1.165) is 63.6 Å². The van der Waals surface area contributed by atoms with Gasteiger partial charge >= 0.3 is 0 Å². The highest BCUT2D eigenvalue weighted by Gasteiger charge is 2.64. The monoisotopic (exact) mass is 893 g/mol. The zero-order chi connectivity index (χ0) is 44.3. The van der Waals surface area contributed by atoms with Crippen LogP contribution in [0.5, 0.6) is 17.2 Å². The Hall–Kier alpha value is -5.12. The number of aliphatic hydroxyl groups excluding tert-OH is 2. The van der Waals surface area contributed by atoms with Gasteiger partial charge in [-0.3, -0.25) is 14.9 Å². The Balaban J connectivity index is 1.38. The SMILES string of the molecule is C=CCOC12Oc3ccc(Oc4ccc(SC)cc4)cc3C3C(CCCCO)C(CCCCO)C=C(C(=NOCc4ccc([N+](=O)[O-])cc4)CC1Sc1ccc(NC(C)=O)cc1)C32. The van der Waals surface area contributed by atoms with E-state index in [0.29, 0.717) is 36.4 Å². The maximum absolute atomic E-state index is 11.9. The molecular weight excluding hydrogens is 839 g/mol. The van der Waals surface area contributed by atoms with Crippen molar-refractivity contribution in [1.29, 1.82) is 0 Å². The van der Waals surface area contributed by atoms with Gasteiger partial charge in [-0.05, 0) is 134 Å². The average Bonchev–Trinajstić information content (AvgIpc) is 3.28. The van der Waals surface area contributed by atoms with Gasteiger partial charge in [0.2, 0.25) is 11.7 Å². The molecule has 2 aliphatic carbocycles. The third kappa shape index (κ3) is 10.8. The summed E-state index contributed by atoms with van der Waals surface area (Å²) in [6, 6.07) is 28.0. The van der Waals surface area contributed by atoms with Gasteiger partial charge in [0.05, 0.1) is 28.4 Å². The first kappa shape index (κ1) is 45.9. The zero-order valence-electron chi connectivity index (χ0n) is 35.7. The van der Waals surface area contributed by atoms with E-state index in [-0.39, 0.29) is 66.9 Å². The fourth-order valence-corrected chi connectivity index (χ4v) is 10.8. The molecule has 3 aliphatic rings. The number of nitrogens with one attached hydrogen (secondary N) is 1. The van der Waals surface area contributed by atoms with E-state index in [9.17, 15) is 25.1 Å². The molecule has 7 rings (SSSR count). The molecule has 12 nitrogen and oxygen atoms in total. The molecular formula is C49H55N3O9S2. The summed E-state index contributed by atoms with van der Waals surface area (Å²) in [5.41, 5.74) is 4.15. The van der Waals surface area contributed by atoms with E-state index in [1.807, 2.05) is 66.9 Å². The van der Waals surface area contributed by atoms with Gasteiger partial charge in [0.25, 0.3) is 5.69 Å². The molecule has 1 saturated carbocycles. The van der Waals surface area contributed by atoms with Gasteiger partial charge in [0, 0.05) is 65.7 Å². The lowest BCUT2D eigenvalue weighted by Gasteiger charge is -2.58. The summed E-state index contributed by atoms with van der Waals surface area (Å²) >= 11 is 3.28. The first-order chi connectivity index (χ1) is 30.7. The van der Waals surface area contributed by atoms with Crippen molar-refractivity contribution in [3.8, 4) is 17.2 Å². The van der Waals surface area contributed by atoms with E-state index in [4.69, 9.17) is 24.2 Å². The molecule has 14 heteroatoms. The first-order valence-electron chi connectivity index (χ1n) is 21.5. The quantitative estimate of drug-likeness (QED) is 0.0240. The molecule has 0 radical (unpaired) electrons. The molecule has 6 unspecified atom stereocenters. The number of aliphatic hydroxyl groups is 2. The number of anilines is 1. The topological polar surface area (TPSA) is 162 Å². The van der Waals surface area contributed by atoms with Crippen LogP contribution in [0, 0.1) is 27.9 Å². The van der Waals surface area contributed by atoms with Gasteiger partial charge in [-0.15, -0.1) is 30.1 Å². The highest BCUT2D eigenvalue weighted by atomic mass is 32.2. The molecule has 0 bridgehead atoms. The maximum atomic E-state index is 11.9. The number of hydrogen-bond acceptors (Lipinski definition) is 12. The minimum atomic E-state index is -1.21. The van der Waals surface area contributed by atoms with E-state index in [1.165, 1.54) is 19.1 Å². The molecule has 3 N–H and O–H groups in total. The number of carbonyl (C=O) groups is 1. The molecule has 1 aliphatic heterocycles. The Labute approximate surface area is 377 Å². The van der Waals surface area contributed by atoms with Crippen LogP contribution in [0.4, 0.5) is 11.4 Å². The first-order valence-corrected chi connectivity index (χ1v) is 23.6. The number of ether oxygens (including phenoxy) is 3. The van der Waals surface area contributed by atoms with Crippen LogP contribution in [0.15, 0.2) is 130 Å². The molecule has 0 spiro atoms. The Bertz CT molecular complexity index is 2270. The fraction of sp³-hybridized carbons (Fsp3) is 0.388. The number of oxime groups is 1. The average molecular weight is 894 g/mol. The second-order valence-corrected chi connectivity index (χ2v) is 18.2. The number of hydrogen-bond donors (Lipinski definition) is 3. The number of thioether (sulfide) groups is 2. The number of non-ortho nitro benzene ring substituents is 1. The van der Waals surface area contributed by atoms with Crippen molar-refractivity contribution >= 4 is 46.5 Å². The molecule has 1 heterocycles. The van der Waals surface area contributed by atoms with E-state index in [1.54, 1.807) is 41.7 Å². The van der Waals surface area contributed by atoms with Crippen molar-refractivity contribution in [1.82, 2.24) is 0 Å². The Morgan fingerprint density at radius 3 is 2.33 bits per heavy atom. The summed E-state index contributed by atoms with van der Waals surface area (Å²) in [6.45, 7) is 6.04. The number of allylic oxidation sites excluding steroid dienone is 1. The number of unbranched alkanes of at least 4 members (excludes halogenated alkanes) is 2. The predicted octanol–water partition coefficient (Wildman–Crippen LogP) is 10.7. The maximum Gasteiger partial charge on any atom is 0.269 e. The van der Waals surface area contributed by atoms with Crippen LogP contribution < -0.4 is 14.8 Å². The number of carbonyl (C=O) groups excluding carboxylic acids is 1. The van der Waals surface area contributed by atoms with Crippen molar-refractivity contribution in [2.45, 2.75) is 85.2 Å². The van der Waals surface area contributed by atoms with Crippen LogP contribution in [-0.2, 0) is 21.0 Å². The van der Waals surface area contributed by atoms with Gasteiger partial charge in [-0.25, -0.2) is 0 Å². The highest BCUT2D eigenvalue weighted by Crippen LogP contribution is 2.63. The zero-order valence-corrected chi connectivity index (χ0v) is 37.3. The lowest BCUT2D eigenvalue weighted by atomic mass is 9.56. The summed E-state index contributed by atoms with van der Waals surface area (Å²) in [7, 11) is 0. The Morgan fingerprint density at radius 2 is 1.67 bits per heavy atom. The van der Waals surface area contributed by atoms with Gasteiger partial charge in [0.15, 0.2) is 0 Å². The van der Waals surface area contributed by atoms with Crippen LogP contribution in [0.25, 0.3) is 0 Å². The molecule has 1 amide bonds. The third-order valence-electron chi connectivity index (χ3n) is 11.9. The molecule has 4 aromatic carbocycles. The van der Waals surface area contributed by atoms with Gasteiger partial charge in [0.1, 0.15) is 23.9 Å². The summed E-state index contributed by atoms with van der Waals surface area (Å²) < 4.78 is 20.9. The summed E-state index contributed by atoms with van der Waals surface area (Å²) in [5.74, 6) is 0.392. The number of amides is 1. The van der Waals surface area contributed by atoms with Crippen LogP contribution >= 0.6 is 23.5 Å². The number of rotatable bonds is 21. The minimum absolute atomic E-state index is 0.00277. The van der Waals surface area contributed by atoms with E-state index >= 15 is 0 Å². The van der Waals surface area contributed by atoms with Crippen molar-refractivity contribution in [2.24, 2.45) is 22.9 Å². The molecule has 6 atom stereocenters. The Kier molecular flexibility index (Phi) is 15.7. The Morgan fingerprint density at radius 1 is 0.968 bits per heavy atom. The molecule has 1 fully saturated rings. The molecule has 0 saturated heterocycles. The molecule has 63 heavy (non-hydrogen) atoms. The van der Waals surface area contributed by atoms with Crippen molar-refractivity contribution in [2.75, 3.05) is 31.4 Å². The smallest absolute Gasteiger partial charge is 0.269 e. The van der Waals surface area contributed by atoms with Crippen molar-refractivity contribution in [3.05, 3.63) is 137 Å². The lowest BCUT2D eigenvalue weighted by molar-refractivity contribution is -0.384. The second-order valence-electron chi connectivity index (χ2n) is 16.0. The third-order valence-corrected chi connectivity index (χ3v) is 14.0. The van der Waals surface area contributed by atoms with Crippen LogP contribution in [0.1, 0.15) is 68.9 Å². The second kappa shape index (κ2) is 21.5. The van der Waals surface area contributed by atoms with Crippen molar-refractivity contribution in [3.63, 3.8) is 0 Å².